The number of carbonyl (C=O) groups excluding carboxylic acids is 7. The maximum Gasteiger partial charge on any atom is 0.335 e. The van der Waals surface area contributed by atoms with Gasteiger partial charge < -0.3 is 53.1 Å². The summed E-state index contributed by atoms with van der Waals surface area (Å²) >= 11 is 0. The van der Waals surface area contributed by atoms with Crippen LogP contribution in [0.1, 0.15) is 90.0 Å². The molecule has 0 radical (unpaired) electrons. The molecule has 3 aliphatic heterocycles. The summed E-state index contributed by atoms with van der Waals surface area (Å²) in [6.45, 7) is 22.6. The Balaban J connectivity index is 0.000000478. The molecule has 0 aliphatic carbocycles. The van der Waals surface area contributed by atoms with E-state index in [9.17, 15) is 33.6 Å². The maximum atomic E-state index is 11.8. The van der Waals surface area contributed by atoms with Crippen molar-refractivity contribution in [2.24, 2.45) is 46.4 Å². The number of hydrogen-bond acceptors (Lipinski definition) is 19. The number of rotatable bonds is 13. The first-order valence-electron chi connectivity index (χ1n) is 20.4. The molecule has 21 nitrogen and oxygen atoms in total. The minimum Gasteiger partial charge on any atom is -0.464 e. The van der Waals surface area contributed by atoms with Crippen LogP contribution in [0.4, 0.5) is 0 Å². The predicted octanol–water partition coefficient (Wildman–Crippen LogP) is 3.35. The number of carbonyl (C=O) groups is 7. The lowest BCUT2D eigenvalue weighted by Gasteiger charge is -2.43. The fourth-order valence-corrected chi connectivity index (χ4v) is 7.09. The Labute approximate surface area is 357 Å². The molecule has 0 aromatic heterocycles. The van der Waals surface area contributed by atoms with E-state index < -0.39 is 79.4 Å². The van der Waals surface area contributed by atoms with Crippen LogP contribution in [-0.2, 0) is 80.9 Å². The summed E-state index contributed by atoms with van der Waals surface area (Å²) in [6.07, 6.45) is -7.98. The summed E-state index contributed by atoms with van der Waals surface area (Å²) in [4.78, 5) is 83.3. The van der Waals surface area contributed by atoms with E-state index in [2.05, 4.69) is 37.7 Å². The van der Waals surface area contributed by atoms with Crippen LogP contribution in [0.5, 0.6) is 0 Å². The van der Waals surface area contributed by atoms with Gasteiger partial charge in [-0.3, -0.25) is 24.0 Å². The van der Waals surface area contributed by atoms with Crippen LogP contribution in [0, 0.1) is 35.5 Å². The molecule has 9 unspecified atom stereocenters. The summed E-state index contributed by atoms with van der Waals surface area (Å²) in [5.74, 6) is -2.67. The van der Waals surface area contributed by atoms with Crippen molar-refractivity contribution in [1.82, 2.24) is 0 Å². The Morgan fingerprint density at radius 3 is 1.38 bits per heavy atom. The summed E-state index contributed by atoms with van der Waals surface area (Å²) in [7, 11) is 0. The lowest BCUT2D eigenvalue weighted by Crippen LogP contribution is -2.63. The highest BCUT2D eigenvalue weighted by Gasteiger charge is 2.53. The Bertz CT molecular complexity index is 1520. The van der Waals surface area contributed by atoms with Crippen molar-refractivity contribution in [1.29, 1.82) is 0 Å². The number of nitrogens with two attached hydrogens (primary N) is 1. The zero-order chi connectivity index (χ0) is 46.7. The van der Waals surface area contributed by atoms with Crippen LogP contribution in [0.15, 0.2) is 5.11 Å². The molecule has 21 heteroatoms. The summed E-state index contributed by atoms with van der Waals surface area (Å²) in [5, 5.41) is 3.55. The van der Waals surface area contributed by atoms with Gasteiger partial charge in [0.05, 0.1) is 32.0 Å². The van der Waals surface area contributed by atoms with Crippen LogP contribution < -0.4 is 5.73 Å². The third kappa shape index (κ3) is 17.0. The molecule has 2 N–H and O–H groups in total. The lowest BCUT2D eigenvalue weighted by molar-refractivity contribution is -0.300. The molecule has 348 valence electrons. The molecule has 0 aromatic rings. The van der Waals surface area contributed by atoms with Gasteiger partial charge in [0.15, 0.2) is 24.4 Å². The van der Waals surface area contributed by atoms with Crippen LogP contribution in [0.25, 0.3) is 10.4 Å². The molecule has 0 spiro atoms. The molecule has 0 amide bonds. The van der Waals surface area contributed by atoms with Gasteiger partial charge in [-0.2, -0.15) is 0 Å². The second-order valence-corrected chi connectivity index (χ2v) is 15.2. The van der Waals surface area contributed by atoms with Crippen LogP contribution in [0.3, 0.4) is 0 Å². The fraction of sp³-hybridized carbons (Fsp3) is 0.825. The molecule has 0 bridgehead atoms. The molecule has 15 atom stereocenters. The third-order valence-electron chi connectivity index (χ3n) is 10.9. The van der Waals surface area contributed by atoms with E-state index in [0.29, 0.717) is 37.5 Å². The average Bonchev–Trinajstić information content (AvgIpc) is 3.17. The molecule has 3 aliphatic rings. The van der Waals surface area contributed by atoms with Crippen molar-refractivity contribution in [2.45, 2.75) is 145 Å². The Kier molecular flexibility index (Phi) is 23.8. The fourth-order valence-electron chi connectivity index (χ4n) is 7.09. The minimum atomic E-state index is -1.48. The SMILES string of the molecule is CC(=O)OCC1OC(OC(C)=O)C(OC(C)=O)C(OC(C)=O)C1OC(C)=O.CCOC(=O)C1OC(CN)[C@@H](C)[C@H](C)[C@H]1C.CCOC(=O)C1OC(CN=[N+]=[N-])[C@@H](C)[C@H](C)[C@H]1C. The van der Waals surface area contributed by atoms with Gasteiger partial charge in [-0.1, -0.05) is 46.7 Å². The van der Waals surface area contributed by atoms with Gasteiger partial charge >= 0.3 is 41.8 Å². The van der Waals surface area contributed by atoms with Crippen LogP contribution in [0.2, 0.25) is 0 Å². The van der Waals surface area contributed by atoms with E-state index in [4.69, 9.17) is 58.6 Å². The minimum absolute atomic E-state index is 0.0411. The number of hydrogen-bond donors (Lipinski definition) is 1. The quantitative estimate of drug-likeness (QED) is 0.0912. The molecule has 0 aromatic carbocycles. The van der Waals surface area contributed by atoms with Crippen molar-refractivity contribution in [3.8, 4) is 0 Å². The van der Waals surface area contributed by atoms with E-state index in [1.165, 1.54) is 0 Å². The van der Waals surface area contributed by atoms with Crippen LogP contribution in [-0.4, -0.2) is 130 Å². The van der Waals surface area contributed by atoms with Gasteiger partial charge in [-0.05, 0) is 54.9 Å². The second-order valence-electron chi connectivity index (χ2n) is 15.2. The van der Waals surface area contributed by atoms with E-state index in [1.807, 2.05) is 13.8 Å². The average molecular weight is 875 g/mol. The van der Waals surface area contributed by atoms with Crippen molar-refractivity contribution >= 4 is 41.8 Å². The summed E-state index contributed by atoms with van der Waals surface area (Å²) < 4.78 is 52.3. The number of esters is 7. The maximum absolute atomic E-state index is 11.8. The lowest BCUT2D eigenvalue weighted by atomic mass is 9.76. The molecule has 61 heavy (non-hydrogen) atoms. The van der Waals surface area contributed by atoms with E-state index in [-0.39, 0.29) is 48.4 Å². The zero-order valence-corrected chi connectivity index (χ0v) is 37.6. The monoisotopic (exact) mass is 874 g/mol. The number of ether oxygens (including phenoxy) is 10. The molecule has 3 fully saturated rings. The molecule has 3 saturated heterocycles. The Hall–Kier alpha value is -4.56. The van der Waals surface area contributed by atoms with Gasteiger partial charge in [-0.25, -0.2) is 9.59 Å². The van der Waals surface area contributed by atoms with Crippen molar-refractivity contribution < 1.29 is 80.9 Å². The standard InChI is InChI=1S/C16H22O11.C12H21N3O3.C12H23NO3/c1-7(17)22-6-12-13(23-8(2)18)14(24-9(3)19)15(25-10(4)20)16(27-12)26-11(5)21;1-5-17-12(16)11-9(4)7(2)8(3)10(18-11)6-14-15-13;1-5-15-12(14)11-9(4)7(2)8(3)10(6-13)16-11/h12-16H,6H2,1-5H3;7-11H,5-6H2,1-4H3;7-11H,5-6,13H2,1-4H3/t;2*7-,8-,9+,10?,11?/m.00/s1. The van der Waals surface area contributed by atoms with Crippen molar-refractivity contribution in [2.75, 3.05) is 32.9 Å². The molecule has 0 saturated carbocycles. The highest BCUT2D eigenvalue weighted by molar-refractivity contribution is 5.76. The Morgan fingerprint density at radius 1 is 0.541 bits per heavy atom. The van der Waals surface area contributed by atoms with Gasteiger partial charge in [-0.15, -0.1) is 0 Å². The predicted molar refractivity (Wildman–Crippen MR) is 212 cm³/mol. The Morgan fingerprint density at radius 2 is 0.967 bits per heavy atom. The first-order valence-corrected chi connectivity index (χ1v) is 20.4. The smallest absolute Gasteiger partial charge is 0.335 e. The van der Waals surface area contributed by atoms with Gasteiger partial charge in [0.25, 0.3) is 0 Å². The first kappa shape index (κ1) is 54.5. The van der Waals surface area contributed by atoms with Crippen molar-refractivity contribution in [3.05, 3.63) is 10.4 Å². The molecule has 3 heterocycles. The summed E-state index contributed by atoms with van der Waals surface area (Å²) in [5.41, 5.74) is 14.0. The van der Waals surface area contributed by atoms with Gasteiger partial charge in [0.1, 0.15) is 12.7 Å². The van der Waals surface area contributed by atoms with E-state index >= 15 is 0 Å². The first-order chi connectivity index (χ1) is 28.6. The second kappa shape index (κ2) is 26.7. The van der Waals surface area contributed by atoms with Gasteiger partial charge in [0.2, 0.25) is 12.4 Å². The topological polar surface area (TPSA) is 287 Å². The zero-order valence-electron chi connectivity index (χ0n) is 37.6. The third-order valence-corrected chi connectivity index (χ3v) is 10.9. The number of azide groups is 1. The molecular weight excluding hydrogens is 808 g/mol. The van der Waals surface area contributed by atoms with E-state index in [1.54, 1.807) is 13.8 Å². The highest BCUT2D eigenvalue weighted by atomic mass is 16.7. The van der Waals surface area contributed by atoms with Gasteiger partial charge in [0, 0.05) is 46.1 Å². The molecule has 3 rings (SSSR count). The normalized spacial score (nSPS) is 32.9. The van der Waals surface area contributed by atoms with Crippen LogP contribution >= 0.6 is 0 Å². The summed E-state index contributed by atoms with van der Waals surface area (Å²) in [6, 6.07) is 0. The molecular formula is C40H66N4O17. The van der Waals surface area contributed by atoms with Crippen molar-refractivity contribution in [3.63, 3.8) is 0 Å². The van der Waals surface area contributed by atoms with E-state index in [0.717, 1.165) is 34.6 Å². The number of nitrogens with zero attached hydrogens (tertiary/aromatic N) is 3. The largest absolute Gasteiger partial charge is 0.464 e. The highest BCUT2D eigenvalue weighted by Crippen LogP contribution is 2.37.